The molecule has 158 valence electrons. The van der Waals surface area contributed by atoms with E-state index in [1.54, 1.807) is 0 Å². The Morgan fingerprint density at radius 1 is 1.13 bits per heavy atom. The summed E-state index contributed by atoms with van der Waals surface area (Å²) in [5.41, 5.74) is 4.07. The molecule has 4 aromatic rings. The third-order valence-corrected chi connectivity index (χ3v) is 5.89. The molecule has 2 aromatic carbocycles. The molecule has 1 amide bonds. The highest BCUT2D eigenvalue weighted by Crippen LogP contribution is 2.26. The molecule has 0 atom stereocenters. The first kappa shape index (κ1) is 21.1. The van der Waals surface area contributed by atoms with Gasteiger partial charge in [-0.3, -0.25) is 4.79 Å². The minimum absolute atomic E-state index is 0.139. The van der Waals surface area contributed by atoms with Crippen LogP contribution in [-0.4, -0.2) is 26.8 Å². The zero-order chi connectivity index (χ0) is 21.6. The van der Waals surface area contributed by atoms with Gasteiger partial charge in [0.25, 0.3) is 11.1 Å². The predicted molar refractivity (Wildman–Crippen MR) is 121 cm³/mol. The number of thioether (sulfide) groups is 1. The van der Waals surface area contributed by atoms with E-state index >= 15 is 0 Å². The molecule has 0 unspecified atom stereocenters. The summed E-state index contributed by atoms with van der Waals surface area (Å²) in [4.78, 5) is 16.7. The molecule has 0 saturated carbocycles. The normalized spacial score (nSPS) is 10.8. The van der Waals surface area contributed by atoms with Gasteiger partial charge in [-0.2, -0.15) is 0 Å². The summed E-state index contributed by atoms with van der Waals surface area (Å²) in [6, 6.07) is 15.8. The molecule has 0 aliphatic rings. The molecule has 0 saturated heterocycles. The van der Waals surface area contributed by atoms with Crippen LogP contribution in [0.2, 0.25) is 0 Å². The second-order valence-electron chi connectivity index (χ2n) is 6.76. The molecule has 4 rings (SSSR count). The van der Waals surface area contributed by atoms with Crippen molar-refractivity contribution < 1.29 is 13.9 Å². The van der Waals surface area contributed by atoms with E-state index in [0.29, 0.717) is 16.2 Å². The van der Waals surface area contributed by atoms with Crippen LogP contribution in [0.15, 0.2) is 63.6 Å². The third-order valence-electron chi connectivity index (χ3n) is 4.32. The molecule has 0 aliphatic carbocycles. The molecule has 0 radical (unpaired) electrons. The van der Waals surface area contributed by atoms with Gasteiger partial charge in [0.15, 0.2) is 11.7 Å². The van der Waals surface area contributed by atoms with Crippen molar-refractivity contribution in [2.24, 2.45) is 0 Å². The zero-order valence-corrected chi connectivity index (χ0v) is 18.6. The molecule has 9 heteroatoms. The monoisotopic (exact) mass is 452 g/mol. The second kappa shape index (κ2) is 9.76. The first-order chi connectivity index (χ1) is 15.1. The largest absolute Gasteiger partial charge is 0.484 e. The van der Waals surface area contributed by atoms with Crippen LogP contribution in [0.4, 0.5) is 5.13 Å². The van der Waals surface area contributed by atoms with Crippen molar-refractivity contribution in [1.82, 2.24) is 15.2 Å². The van der Waals surface area contributed by atoms with Crippen LogP contribution in [0.3, 0.4) is 0 Å². The fraction of sp³-hybridized carbons (Fsp3) is 0.182. The van der Waals surface area contributed by atoms with Crippen molar-refractivity contribution in [3.63, 3.8) is 0 Å². The number of anilines is 1. The van der Waals surface area contributed by atoms with Crippen LogP contribution in [0, 0.1) is 13.8 Å². The summed E-state index contributed by atoms with van der Waals surface area (Å²) in [6.07, 6.45) is 0. The number of ether oxygens (including phenoxy) is 1. The van der Waals surface area contributed by atoms with Crippen molar-refractivity contribution in [2.45, 2.75) is 25.7 Å². The summed E-state index contributed by atoms with van der Waals surface area (Å²) in [7, 11) is 0. The Kier molecular flexibility index (Phi) is 6.63. The Balaban J connectivity index is 1.26. The topological polar surface area (TPSA) is 90.1 Å². The molecule has 1 N–H and O–H groups in total. The van der Waals surface area contributed by atoms with Gasteiger partial charge >= 0.3 is 0 Å². The van der Waals surface area contributed by atoms with Crippen LogP contribution in [0.25, 0.3) is 11.3 Å². The van der Waals surface area contributed by atoms with Crippen molar-refractivity contribution in [1.29, 1.82) is 0 Å². The number of carbonyl (C=O) groups is 1. The van der Waals surface area contributed by atoms with Gasteiger partial charge in [-0.05, 0) is 25.5 Å². The average Bonchev–Trinajstić information content (AvgIpc) is 3.42. The number of benzene rings is 2. The van der Waals surface area contributed by atoms with Crippen molar-refractivity contribution >= 4 is 34.1 Å². The quantitative estimate of drug-likeness (QED) is 0.371. The number of rotatable bonds is 8. The van der Waals surface area contributed by atoms with Crippen LogP contribution in [0.5, 0.6) is 5.75 Å². The molecule has 0 fully saturated rings. The first-order valence-electron chi connectivity index (χ1n) is 9.53. The van der Waals surface area contributed by atoms with Gasteiger partial charge in [0.05, 0.1) is 11.4 Å². The molecular weight excluding hydrogens is 432 g/mol. The summed E-state index contributed by atoms with van der Waals surface area (Å²) in [6.45, 7) is 4.18. The van der Waals surface area contributed by atoms with E-state index in [4.69, 9.17) is 9.15 Å². The number of hydrogen-bond donors (Lipinski definition) is 1. The SMILES string of the molecule is Cc1ccc(-c2csc(NC(=O)CSc3nnc(COc4ccccc4C)o3)n2)cc1. The van der Waals surface area contributed by atoms with Gasteiger partial charge in [-0.25, -0.2) is 4.98 Å². The molecular formula is C22H20N4O3S2. The summed E-state index contributed by atoms with van der Waals surface area (Å²) in [5, 5.41) is 13.5. The minimum Gasteiger partial charge on any atom is -0.484 e. The number of nitrogens with zero attached hydrogens (tertiary/aromatic N) is 3. The van der Waals surface area contributed by atoms with E-state index in [9.17, 15) is 4.79 Å². The maximum atomic E-state index is 12.3. The lowest BCUT2D eigenvalue weighted by molar-refractivity contribution is -0.113. The summed E-state index contributed by atoms with van der Waals surface area (Å²) >= 11 is 2.56. The van der Waals surface area contributed by atoms with Crippen molar-refractivity contribution in [2.75, 3.05) is 11.1 Å². The van der Waals surface area contributed by atoms with Crippen molar-refractivity contribution in [3.05, 3.63) is 70.9 Å². The maximum Gasteiger partial charge on any atom is 0.277 e. The fourth-order valence-corrected chi connectivity index (χ4v) is 4.00. The Morgan fingerprint density at radius 3 is 2.74 bits per heavy atom. The number of nitrogens with one attached hydrogen (secondary N) is 1. The van der Waals surface area contributed by atoms with E-state index in [1.807, 2.05) is 67.8 Å². The van der Waals surface area contributed by atoms with Crippen LogP contribution in [-0.2, 0) is 11.4 Å². The molecule has 31 heavy (non-hydrogen) atoms. The number of para-hydroxylation sites is 1. The lowest BCUT2D eigenvalue weighted by Gasteiger charge is -2.05. The number of aryl methyl sites for hydroxylation is 2. The fourth-order valence-electron chi connectivity index (χ4n) is 2.68. The third kappa shape index (κ3) is 5.71. The lowest BCUT2D eigenvalue weighted by Crippen LogP contribution is -2.13. The molecule has 2 aromatic heterocycles. The van der Waals surface area contributed by atoms with E-state index in [1.165, 1.54) is 28.7 Å². The molecule has 7 nitrogen and oxygen atoms in total. The number of amides is 1. The van der Waals surface area contributed by atoms with Crippen LogP contribution in [0.1, 0.15) is 17.0 Å². The summed E-state index contributed by atoms with van der Waals surface area (Å²) < 4.78 is 11.2. The molecule has 0 spiro atoms. The van der Waals surface area contributed by atoms with Gasteiger partial charge in [0.2, 0.25) is 5.91 Å². The average molecular weight is 453 g/mol. The second-order valence-corrected chi connectivity index (χ2v) is 8.54. The van der Waals surface area contributed by atoms with Gasteiger partial charge in [0, 0.05) is 10.9 Å². The van der Waals surface area contributed by atoms with E-state index in [0.717, 1.165) is 22.6 Å². The lowest BCUT2D eigenvalue weighted by atomic mass is 10.1. The summed E-state index contributed by atoms with van der Waals surface area (Å²) in [5.74, 6) is 1.07. The van der Waals surface area contributed by atoms with Gasteiger partial charge in [-0.1, -0.05) is 59.8 Å². The highest BCUT2D eigenvalue weighted by Gasteiger charge is 2.12. The van der Waals surface area contributed by atoms with E-state index < -0.39 is 0 Å². The van der Waals surface area contributed by atoms with E-state index in [-0.39, 0.29) is 18.3 Å². The Bertz CT molecular complexity index is 1170. The number of aromatic nitrogens is 3. The van der Waals surface area contributed by atoms with Crippen molar-refractivity contribution in [3.8, 4) is 17.0 Å². The van der Waals surface area contributed by atoms with Gasteiger partial charge in [0.1, 0.15) is 5.75 Å². The maximum absolute atomic E-state index is 12.3. The van der Waals surface area contributed by atoms with E-state index in [2.05, 4.69) is 20.5 Å². The standard InChI is InChI=1S/C22H20N4O3S2/c1-14-7-9-16(10-8-14)17-12-30-21(23-17)24-19(27)13-31-22-26-25-20(29-22)11-28-18-6-4-3-5-15(18)2/h3-10,12H,11,13H2,1-2H3,(H,23,24,27). The predicted octanol–water partition coefficient (Wildman–Crippen LogP) is 5.12. The molecule has 0 aliphatic heterocycles. The Labute approximate surface area is 187 Å². The highest BCUT2D eigenvalue weighted by molar-refractivity contribution is 7.99. The van der Waals surface area contributed by atoms with Crippen LogP contribution < -0.4 is 10.1 Å². The highest BCUT2D eigenvalue weighted by atomic mass is 32.2. The Hall–Kier alpha value is -3.17. The Morgan fingerprint density at radius 2 is 1.94 bits per heavy atom. The number of carbonyl (C=O) groups excluding carboxylic acids is 1. The smallest absolute Gasteiger partial charge is 0.277 e. The molecule has 2 heterocycles. The minimum atomic E-state index is -0.189. The number of thiazole rings is 1. The van der Waals surface area contributed by atoms with Crippen LogP contribution >= 0.6 is 23.1 Å². The molecule has 0 bridgehead atoms. The number of hydrogen-bond acceptors (Lipinski definition) is 8. The van der Waals surface area contributed by atoms with Gasteiger partial charge in [-0.15, -0.1) is 21.5 Å². The van der Waals surface area contributed by atoms with Gasteiger partial charge < -0.3 is 14.5 Å². The first-order valence-corrected chi connectivity index (χ1v) is 11.4. The zero-order valence-electron chi connectivity index (χ0n) is 17.0.